The van der Waals surface area contributed by atoms with Crippen LogP contribution < -0.4 is 0 Å². The molecule has 2 saturated carbocycles. The molecule has 6 atom stereocenters. The topological polar surface area (TPSA) is 40.5 Å². The number of hydrogen-bond acceptors (Lipinski definition) is 2. The number of hydrogen-bond donors (Lipinski definition) is 2. The molecule has 0 heterocycles. The molecule has 2 aliphatic carbocycles. The first kappa shape index (κ1) is 23.0. The Labute approximate surface area is 157 Å². The van der Waals surface area contributed by atoms with Crippen LogP contribution in [0.5, 0.6) is 0 Å². The summed E-state index contributed by atoms with van der Waals surface area (Å²) < 4.78 is 0. The van der Waals surface area contributed by atoms with Crippen molar-refractivity contribution in [2.45, 2.75) is 124 Å². The fourth-order valence-corrected chi connectivity index (χ4v) is 5.84. The Morgan fingerprint density at radius 1 is 0.880 bits per heavy atom. The van der Waals surface area contributed by atoms with Gasteiger partial charge in [-0.2, -0.15) is 0 Å². The van der Waals surface area contributed by atoms with Gasteiger partial charge in [-0.15, -0.1) is 0 Å². The maximum absolute atomic E-state index is 10.8. The highest BCUT2D eigenvalue weighted by Gasteiger charge is 2.42. The third-order valence-corrected chi connectivity index (χ3v) is 7.50. The van der Waals surface area contributed by atoms with Crippen LogP contribution >= 0.6 is 0 Å². The van der Waals surface area contributed by atoms with E-state index < -0.39 is 0 Å². The van der Waals surface area contributed by atoms with Crippen molar-refractivity contribution in [3.8, 4) is 0 Å². The molecule has 2 N–H and O–H groups in total. The lowest BCUT2D eigenvalue weighted by Crippen LogP contribution is -2.40. The molecule has 2 unspecified atom stereocenters. The Hall–Kier alpha value is -0.0800. The lowest BCUT2D eigenvalue weighted by molar-refractivity contribution is -0.0325. The lowest BCUT2D eigenvalue weighted by Gasteiger charge is -2.47. The molecular weight excluding hydrogens is 308 g/mol. The normalized spacial score (nSPS) is 42.7. The molecule has 25 heavy (non-hydrogen) atoms. The second kappa shape index (κ2) is 10.3. The quantitative estimate of drug-likeness (QED) is 0.621. The Morgan fingerprint density at radius 3 is 2.12 bits per heavy atom. The summed E-state index contributed by atoms with van der Waals surface area (Å²) in [5.74, 6) is 1.13. The number of fused-ring (bicyclic) bond motifs is 1. The molecule has 0 amide bonds. The predicted molar refractivity (Wildman–Crippen MR) is 109 cm³/mol. The molecule has 0 bridgehead atoms. The zero-order chi connectivity index (χ0) is 19.1. The monoisotopic (exact) mass is 354 g/mol. The van der Waals surface area contributed by atoms with Crippen LogP contribution in [0.25, 0.3) is 0 Å². The van der Waals surface area contributed by atoms with Gasteiger partial charge in [0.25, 0.3) is 0 Å². The average Bonchev–Trinajstić information content (AvgIpc) is 2.58. The minimum absolute atomic E-state index is 0.143. The summed E-state index contributed by atoms with van der Waals surface area (Å²) in [6, 6.07) is 0. The molecule has 2 rings (SSSR count). The van der Waals surface area contributed by atoms with Gasteiger partial charge in [0.2, 0.25) is 0 Å². The van der Waals surface area contributed by atoms with E-state index in [2.05, 4.69) is 27.7 Å². The Morgan fingerprint density at radius 2 is 1.52 bits per heavy atom. The van der Waals surface area contributed by atoms with Gasteiger partial charge in [-0.25, -0.2) is 0 Å². The number of rotatable bonds is 3. The molecule has 2 heteroatoms. The van der Waals surface area contributed by atoms with E-state index >= 15 is 0 Å². The first-order valence-electron chi connectivity index (χ1n) is 11.2. The number of aliphatic hydroxyl groups excluding tert-OH is 2. The Bertz CT molecular complexity index is 369. The SMILES string of the molecule is CC.CCC[C@@]1(C)CCC[C@@]2(C)CC[C@H](O)CC2C[C@H](O)CC1CC. The molecule has 0 aromatic heterocycles. The summed E-state index contributed by atoms with van der Waals surface area (Å²) in [6.45, 7) is 13.5. The summed E-state index contributed by atoms with van der Waals surface area (Å²) in [7, 11) is 0. The van der Waals surface area contributed by atoms with Crippen molar-refractivity contribution in [1.29, 1.82) is 0 Å². The van der Waals surface area contributed by atoms with Crippen LogP contribution in [0.2, 0.25) is 0 Å². The molecule has 2 fully saturated rings. The van der Waals surface area contributed by atoms with E-state index in [1.165, 1.54) is 38.5 Å². The lowest BCUT2D eigenvalue weighted by atomic mass is 9.59. The van der Waals surface area contributed by atoms with Crippen LogP contribution in [0.1, 0.15) is 112 Å². The molecule has 0 aromatic rings. The summed E-state index contributed by atoms with van der Waals surface area (Å²) in [6.07, 6.45) is 12.1. The fourth-order valence-electron chi connectivity index (χ4n) is 5.84. The van der Waals surface area contributed by atoms with E-state index in [4.69, 9.17) is 0 Å². The summed E-state index contributed by atoms with van der Waals surface area (Å²) in [5.41, 5.74) is 0.717. The van der Waals surface area contributed by atoms with Gasteiger partial charge in [0, 0.05) is 0 Å². The zero-order valence-corrected chi connectivity index (χ0v) is 18.0. The first-order valence-corrected chi connectivity index (χ1v) is 11.2. The van der Waals surface area contributed by atoms with Crippen LogP contribution in [0.4, 0.5) is 0 Å². The van der Waals surface area contributed by atoms with E-state index in [1.807, 2.05) is 13.8 Å². The van der Waals surface area contributed by atoms with E-state index in [-0.39, 0.29) is 12.2 Å². The molecular formula is C23H46O2. The molecule has 2 aliphatic rings. The molecule has 0 saturated heterocycles. The van der Waals surface area contributed by atoms with Crippen molar-refractivity contribution in [2.75, 3.05) is 0 Å². The van der Waals surface area contributed by atoms with Gasteiger partial charge in [-0.05, 0) is 74.0 Å². The largest absolute Gasteiger partial charge is 0.393 e. The van der Waals surface area contributed by atoms with Crippen molar-refractivity contribution in [3.05, 3.63) is 0 Å². The molecule has 2 nitrogen and oxygen atoms in total. The maximum Gasteiger partial charge on any atom is 0.0546 e. The molecule has 0 spiro atoms. The highest BCUT2D eigenvalue weighted by molar-refractivity contribution is 4.93. The minimum atomic E-state index is -0.191. The van der Waals surface area contributed by atoms with Gasteiger partial charge in [0.15, 0.2) is 0 Å². The highest BCUT2D eigenvalue weighted by Crippen LogP contribution is 2.51. The fraction of sp³-hybridized carbons (Fsp3) is 1.00. The molecule has 0 radical (unpaired) electrons. The van der Waals surface area contributed by atoms with E-state index in [0.717, 1.165) is 32.1 Å². The van der Waals surface area contributed by atoms with Gasteiger partial charge in [-0.1, -0.05) is 60.8 Å². The van der Waals surface area contributed by atoms with Crippen molar-refractivity contribution in [3.63, 3.8) is 0 Å². The van der Waals surface area contributed by atoms with Crippen molar-refractivity contribution in [2.24, 2.45) is 22.7 Å². The zero-order valence-electron chi connectivity index (χ0n) is 18.0. The minimum Gasteiger partial charge on any atom is -0.393 e. The van der Waals surface area contributed by atoms with Gasteiger partial charge >= 0.3 is 0 Å². The van der Waals surface area contributed by atoms with E-state index in [1.54, 1.807) is 0 Å². The van der Waals surface area contributed by atoms with Crippen LogP contribution in [-0.4, -0.2) is 22.4 Å². The van der Waals surface area contributed by atoms with Crippen molar-refractivity contribution >= 4 is 0 Å². The van der Waals surface area contributed by atoms with Crippen molar-refractivity contribution < 1.29 is 10.2 Å². The summed E-state index contributed by atoms with van der Waals surface area (Å²) in [4.78, 5) is 0. The van der Waals surface area contributed by atoms with E-state index in [0.29, 0.717) is 22.7 Å². The maximum atomic E-state index is 10.8. The second-order valence-electron chi connectivity index (χ2n) is 9.27. The molecule has 150 valence electrons. The van der Waals surface area contributed by atoms with Gasteiger partial charge < -0.3 is 10.2 Å². The van der Waals surface area contributed by atoms with Crippen LogP contribution in [0, 0.1) is 22.7 Å². The third-order valence-electron chi connectivity index (χ3n) is 7.50. The Balaban J connectivity index is 0.00000151. The Kier molecular flexibility index (Phi) is 9.46. The van der Waals surface area contributed by atoms with Crippen LogP contribution in [0.15, 0.2) is 0 Å². The third kappa shape index (κ3) is 5.96. The van der Waals surface area contributed by atoms with Crippen LogP contribution in [0.3, 0.4) is 0 Å². The van der Waals surface area contributed by atoms with Gasteiger partial charge in [-0.3, -0.25) is 0 Å². The molecule has 0 aromatic carbocycles. The predicted octanol–water partition coefficient (Wildman–Crippen LogP) is 6.34. The summed E-state index contributed by atoms with van der Waals surface area (Å²) in [5, 5.41) is 20.9. The van der Waals surface area contributed by atoms with Gasteiger partial charge in [0.1, 0.15) is 0 Å². The smallest absolute Gasteiger partial charge is 0.0546 e. The average molecular weight is 355 g/mol. The summed E-state index contributed by atoms with van der Waals surface area (Å²) >= 11 is 0. The van der Waals surface area contributed by atoms with Crippen molar-refractivity contribution in [1.82, 2.24) is 0 Å². The molecule has 0 aliphatic heterocycles. The number of aliphatic hydroxyl groups is 2. The first-order chi connectivity index (χ1) is 11.8. The van der Waals surface area contributed by atoms with Crippen LogP contribution in [-0.2, 0) is 0 Å². The second-order valence-corrected chi connectivity index (χ2v) is 9.27. The van der Waals surface area contributed by atoms with E-state index in [9.17, 15) is 10.2 Å². The van der Waals surface area contributed by atoms with Gasteiger partial charge in [0.05, 0.1) is 12.2 Å². The standard InChI is InChI=1S/C21H40O2.C2H6/c1-5-9-20(3)10-7-11-21(4)12-8-18(22)14-17(21)15-19(23)13-16(20)6-2;1-2/h16-19,22-23H,5-15H2,1-4H3;1-2H3/t16?,17?,18-,19+,20-,21-;/m0./s1. The highest BCUT2D eigenvalue weighted by atomic mass is 16.3.